The van der Waals surface area contributed by atoms with E-state index in [4.69, 9.17) is 26.6 Å². The van der Waals surface area contributed by atoms with Gasteiger partial charge in [0.25, 0.3) is 0 Å². The minimum absolute atomic E-state index is 0.387. The molecule has 8 heteroatoms. The molecule has 0 bridgehead atoms. The summed E-state index contributed by atoms with van der Waals surface area (Å²) in [5, 5.41) is 0.669. The van der Waals surface area contributed by atoms with Crippen molar-refractivity contribution in [3.63, 3.8) is 0 Å². The van der Waals surface area contributed by atoms with Gasteiger partial charge >= 0.3 is 17.6 Å². The van der Waals surface area contributed by atoms with Crippen molar-refractivity contribution in [3.8, 4) is 0 Å². The number of allylic oxidation sites excluding steroid dienone is 1. The lowest BCUT2D eigenvalue weighted by molar-refractivity contribution is 0.118. The van der Waals surface area contributed by atoms with Gasteiger partial charge in [-0.05, 0) is 5.20 Å². The first-order valence-electron chi connectivity index (χ1n) is 4.98. The Morgan fingerprint density at radius 3 is 1.35 bits per heavy atom. The maximum Gasteiger partial charge on any atom is 0.531 e. The molecule has 0 spiro atoms. The summed E-state index contributed by atoms with van der Waals surface area (Å²) in [6, 6.07) is 0.387. The van der Waals surface area contributed by atoms with Gasteiger partial charge in [-0.2, -0.15) is 0 Å². The van der Waals surface area contributed by atoms with E-state index in [1.807, 2.05) is 0 Å². The molecule has 0 unspecified atom stereocenters. The fourth-order valence-corrected chi connectivity index (χ4v) is 5.86. The molecule has 0 atom stereocenters. The van der Waals surface area contributed by atoms with Crippen LogP contribution in [0.25, 0.3) is 0 Å². The van der Waals surface area contributed by atoms with Crippen LogP contribution >= 0.6 is 0 Å². The topological polar surface area (TPSA) is 55.4 Å². The van der Waals surface area contributed by atoms with E-state index in [0.29, 0.717) is 11.2 Å². The molecule has 0 saturated carbocycles. The Labute approximate surface area is 105 Å². The third-order valence-electron chi connectivity index (χ3n) is 2.60. The molecule has 0 aliphatic carbocycles. The van der Waals surface area contributed by atoms with Gasteiger partial charge < -0.3 is 26.6 Å². The Morgan fingerprint density at radius 1 is 0.765 bits per heavy atom. The van der Waals surface area contributed by atoms with Crippen molar-refractivity contribution in [2.24, 2.45) is 0 Å². The largest absolute Gasteiger partial charge is 0.531 e. The summed E-state index contributed by atoms with van der Waals surface area (Å²) in [5.74, 6) is 0. The fraction of sp³-hybridized carbons (Fsp3) is 0.778. The average Bonchev–Trinajstić information content (AvgIpc) is 2.39. The second-order valence-electron chi connectivity index (χ2n) is 3.24. The van der Waals surface area contributed by atoms with E-state index in [1.54, 1.807) is 21.3 Å². The van der Waals surface area contributed by atoms with Crippen molar-refractivity contribution in [1.29, 1.82) is 0 Å². The summed E-state index contributed by atoms with van der Waals surface area (Å²) >= 11 is 0. The summed E-state index contributed by atoms with van der Waals surface area (Å²) in [6.45, 7) is 3.95. The minimum atomic E-state index is -2.88. The molecule has 0 radical (unpaired) electrons. The van der Waals surface area contributed by atoms with Crippen molar-refractivity contribution in [2.45, 2.75) is 6.04 Å². The van der Waals surface area contributed by atoms with E-state index < -0.39 is 17.6 Å². The zero-order valence-electron chi connectivity index (χ0n) is 11.4. The summed E-state index contributed by atoms with van der Waals surface area (Å²) in [5.41, 5.74) is 0. The molecule has 0 aromatic heterocycles. The molecular weight excluding hydrogens is 260 g/mol. The number of rotatable bonds is 9. The second-order valence-corrected chi connectivity index (χ2v) is 9.23. The quantitative estimate of drug-likeness (QED) is 0.584. The van der Waals surface area contributed by atoms with E-state index in [0.717, 1.165) is 0 Å². The highest BCUT2D eigenvalue weighted by atomic mass is 28.4. The molecule has 17 heavy (non-hydrogen) atoms. The molecule has 6 nitrogen and oxygen atoms in total. The summed E-state index contributed by atoms with van der Waals surface area (Å²) < 4.78 is 32.0. The molecule has 0 heterocycles. The predicted molar refractivity (Wildman–Crippen MR) is 67.5 cm³/mol. The highest BCUT2D eigenvalue weighted by Crippen LogP contribution is 2.26. The zero-order valence-corrected chi connectivity index (χ0v) is 13.4. The maximum absolute atomic E-state index is 5.33. The van der Waals surface area contributed by atoms with Gasteiger partial charge in [-0.1, -0.05) is 6.58 Å². The lowest BCUT2D eigenvalue weighted by Crippen LogP contribution is -2.51. The van der Waals surface area contributed by atoms with E-state index in [-0.39, 0.29) is 0 Å². The molecule has 0 saturated heterocycles. The lowest BCUT2D eigenvalue weighted by Gasteiger charge is -2.31. The molecule has 102 valence electrons. The fourth-order valence-electron chi connectivity index (χ4n) is 1.52. The van der Waals surface area contributed by atoms with Crippen LogP contribution in [0.3, 0.4) is 0 Å². The van der Waals surface area contributed by atoms with Gasteiger partial charge in [0, 0.05) is 48.7 Å². The molecular formula is C9H22O6Si2. The van der Waals surface area contributed by atoms with Crippen LogP contribution in [0.5, 0.6) is 0 Å². The number of hydrogen-bond donors (Lipinski definition) is 0. The average molecular weight is 282 g/mol. The van der Waals surface area contributed by atoms with Crippen molar-refractivity contribution in [1.82, 2.24) is 0 Å². The molecule has 0 aliphatic heterocycles. The highest BCUT2D eigenvalue weighted by Gasteiger charge is 2.49. The second kappa shape index (κ2) is 7.39. The molecule has 0 aromatic carbocycles. The first-order chi connectivity index (χ1) is 7.99. The summed E-state index contributed by atoms with van der Waals surface area (Å²) in [7, 11) is 3.59. The van der Waals surface area contributed by atoms with Crippen LogP contribution in [-0.4, -0.2) is 60.3 Å². The Balaban J connectivity index is 4.92. The third kappa shape index (κ3) is 3.70. The lowest BCUT2D eigenvalue weighted by atomic mass is 10.7. The van der Waals surface area contributed by atoms with Gasteiger partial charge in [-0.25, -0.2) is 0 Å². The summed E-state index contributed by atoms with van der Waals surface area (Å²) in [6.07, 6.45) is 0. The molecule has 0 aliphatic rings. The van der Waals surface area contributed by atoms with Crippen LogP contribution in [0.15, 0.2) is 11.8 Å². The van der Waals surface area contributed by atoms with E-state index >= 15 is 0 Å². The predicted octanol–water partition coefficient (Wildman–Crippen LogP) is 0.838. The Bertz CT molecular complexity index is 223. The van der Waals surface area contributed by atoms with Gasteiger partial charge in [-0.15, -0.1) is 0 Å². The van der Waals surface area contributed by atoms with Gasteiger partial charge in [-0.3, -0.25) is 0 Å². The smallest absolute Gasteiger partial charge is 0.377 e. The van der Waals surface area contributed by atoms with Crippen LogP contribution in [0.2, 0.25) is 6.04 Å². The first kappa shape index (κ1) is 16.9. The first-order valence-corrected chi connectivity index (χ1v) is 8.64. The minimum Gasteiger partial charge on any atom is -0.377 e. The summed E-state index contributed by atoms with van der Waals surface area (Å²) in [4.78, 5) is 0. The van der Waals surface area contributed by atoms with Crippen LogP contribution in [0.1, 0.15) is 0 Å². The maximum atomic E-state index is 5.33. The van der Waals surface area contributed by atoms with Crippen molar-refractivity contribution < 1.29 is 26.6 Å². The zero-order chi connectivity index (χ0) is 13.5. The molecule has 0 N–H and O–H groups in total. The third-order valence-corrected chi connectivity index (χ3v) is 8.34. The highest BCUT2D eigenvalue weighted by molar-refractivity contribution is 6.73. The van der Waals surface area contributed by atoms with E-state index in [9.17, 15) is 0 Å². The molecule has 0 rings (SSSR count). The SMILES string of the molecule is C=C(C[Si](OC)(OC)OC)[Si](OC)(OC)OC. The van der Waals surface area contributed by atoms with Crippen LogP contribution in [0.4, 0.5) is 0 Å². The van der Waals surface area contributed by atoms with E-state index in [2.05, 4.69) is 6.58 Å². The standard InChI is InChI=1S/C9H22O6Si2/c1-9(17(13-5,14-6)15-7)8-16(10-2,11-3)12-4/h1,8H2,2-7H3. The van der Waals surface area contributed by atoms with Gasteiger partial charge in [0.2, 0.25) is 0 Å². The molecule has 0 aromatic rings. The Hall–Kier alpha value is -0.0662. The van der Waals surface area contributed by atoms with Gasteiger partial charge in [0.15, 0.2) is 0 Å². The Kier molecular flexibility index (Phi) is 7.36. The Morgan fingerprint density at radius 2 is 1.12 bits per heavy atom. The van der Waals surface area contributed by atoms with Crippen molar-refractivity contribution >= 4 is 17.6 Å². The monoisotopic (exact) mass is 282 g/mol. The van der Waals surface area contributed by atoms with Crippen molar-refractivity contribution in [2.75, 3.05) is 42.7 Å². The van der Waals surface area contributed by atoms with E-state index in [1.165, 1.54) is 21.3 Å². The van der Waals surface area contributed by atoms with Crippen LogP contribution < -0.4 is 0 Å². The normalized spacial score (nSPS) is 12.8. The van der Waals surface area contributed by atoms with Crippen LogP contribution in [-0.2, 0) is 26.6 Å². The molecule has 0 amide bonds. The van der Waals surface area contributed by atoms with Crippen LogP contribution in [0, 0.1) is 0 Å². The molecule has 0 fully saturated rings. The van der Waals surface area contributed by atoms with Gasteiger partial charge in [0.1, 0.15) is 0 Å². The number of hydrogen-bond acceptors (Lipinski definition) is 6. The van der Waals surface area contributed by atoms with Crippen molar-refractivity contribution in [3.05, 3.63) is 11.8 Å². The van der Waals surface area contributed by atoms with Gasteiger partial charge in [0.05, 0.1) is 0 Å².